The maximum absolute atomic E-state index is 13.2. The van der Waals surface area contributed by atoms with E-state index in [0.29, 0.717) is 47.1 Å². The van der Waals surface area contributed by atoms with E-state index in [2.05, 4.69) is 19.2 Å². The second kappa shape index (κ2) is 7.40. The van der Waals surface area contributed by atoms with Gasteiger partial charge in [0.15, 0.2) is 11.6 Å². The van der Waals surface area contributed by atoms with Gasteiger partial charge in [0.2, 0.25) is 0 Å². The number of carbonyl (C=O) groups excluding carboxylic acids is 2. The molecule has 0 saturated heterocycles. The van der Waals surface area contributed by atoms with Crippen LogP contribution in [0.15, 0.2) is 30.3 Å². The van der Waals surface area contributed by atoms with Crippen molar-refractivity contribution >= 4 is 28.6 Å². The molecule has 0 unspecified atom stereocenters. The minimum Gasteiger partial charge on any atom is -0.396 e. The molecule has 0 aliphatic heterocycles. The second-order valence-electron chi connectivity index (χ2n) is 7.23. The Morgan fingerprint density at radius 1 is 1.11 bits per heavy atom. The number of carbonyl (C=O) groups is 2. The highest BCUT2D eigenvalue weighted by Gasteiger charge is 2.35. The number of aliphatic hydroxyl groups excluding tert-OH is 1. The molecule has 6 nitrogen and oxygen atoms in total. The lowest BCUT2D eigenvalue weighted by atomic mass is 9.81. The predicted octanol–water partition coefficient (Wildman–Crippen LogP) is 2.54. The van der Waals surface area contributed by atoms with E-state index in [1.807, 2.05) is 0 Å². The third-order valence-electron chi connectivity index (χ3n) is 4.76. The van der Waals surface area contributed by atoms with Gasteiger partial charge in [0.05, 0.1) is 29.1 Å². The molecular weight excluding hydrogens is 342 g/mol. The molecule has 0 bridgehead atoms. The van der Waals surface area contributed by atoms with Crippen LogP contribution >= 0.6 is 0 Å². The van der Waals surface area contributed by atoms with Crippen LogP contribution in [0.1, 0.15) is 45.7 Å². The topological polar surface area (TPSA) is 95.7 Å². The number of nitrogens with one attached hydrogen (secondary N) is 1. The third kappa shape index (κ3) is 3.28. The fraction of sp³-hybridized carbons (Fsp3) is 0.333. The van der Waals surface area contributed by atoms with Crippen LogP contribution in [0.5, 0.6) is 0 Å². The van der Waals surface area contributed by atoms with Gasteiger partial charge in [-0.15, -0.1) is 0 Å². The monoisotopic (exact) mass is 367 g/mol. The van der Waals surface area contributed by atoms with E-state index in [4.69, 9.17) is 5.73 Å². The van der Waals surface area contributed by atoms with Crippen molar-refractivity contribution in [3.05, 3.63) is 52.6 Å². The molecule has 0 heterocycles. The van der Waals surface area contributed by atoms with Crippen LogP contribution in [-0.4, -0.2) is 43.4 Å². The van der Waals surface area contributed by atoms with Crippen molar-refractivity contribution in [2.45, 2.75) is 13.8 Å². The van der Waals surface area contributed by atoms with Crippen LogP contribution in [-0.2, 0) is 0 Å². The SMILES string of the molecule is CC(C)CNc1cc(N(C)CCO)c(N)c2c1C(=O)c1ccccc1C2=O. The van der Waals surface area contributed by atoms with Crippen LogP contribution in [0.3, 0.4) is 0 Å². The first kappa shape index (κ1) is 18.9. The number of benzene rings is 2. The van der Waals surface area contributed by atoms with E-state index in [1.54, 1.807) is 42.3 Å². The second-order valence-corrected chi connectivity index (χ2v) is 7.23. The first-order valence-electron chi connectivity index (χ1n) is 9.07. The average Bonchev–Trinajstić information content (AvgIpc) is 2.64. The van der Waals surface area contributed by atoms with Crippen molar-refractivity contribution < 1.29 is 14.7 Å². The molecule has 27 heavy (non-hydrogen) atoms. The summed E-state index contributed by atoms with van der Waals surface area (Å²) in [4.78, 5) is 28.1. The number of fused-ring (bicyclic) bond motifs is 2. The molecule has 0 saturated carbocycles. The van der Waals surface area contributed by atoms with Crippen molar-refractivity contribution in [2.24, 2.45) is 5.92 Å². The van der Waals surface area contributed by atoms with Gasteiger partial charge in [-0.2, -0.15) is 0 Å². The molecule has 6 heteroatoms. The van der Waals surface area contributed by atoms with Crippen molar-refractivity contribution in [1.29, 1.82) is 0 Å². The number of aliphatic hydroxyl groups is 1. The molecule has 0 radical (unpaired) electrons. The molecule has 1 aliphatic carbocycles. The van der Waals surface area contributed by atoms with Gasteiger partial charge in [0.25, 0.3) is 0 Å². The predicted molar refractivity (Wildman–Crippen MR) is 108 cm³/mol. The molecular formula is C21H25N3O3. The highest BCUT2D eigenvalue weighted by atomic mass is 16.3. The number of nitrogens with zero attached hydrogens (tertiary/aromatic N) is 1. The number of nitrogen functional groups attached to an aromatic ring is 1. The van der Waals surface area contributed by atoms with Crippen molar-refractivity contribution in [1.82, 2.24) is 0 Å². The van der Waals surface area contributed by atoms with Crippen molar-refractivity contribution in [3.8, 4) is 0 Å². The number of nitrogens with two attached hydrogens (primary N) is 1. The summed E-state index contributed by atoms with van der Waals surface area (Å²) in [5, 5.41) is 12.6. The van der Waals surface area contributed by atoms with Gasteiger partial charge in [-0.05, 0) is 12.0 Å². The van der Waals surface area contributed by atoms with E-state index in [-0.39, 0.29) is 29.4 Å². The van der Waals surface area contributed by atoms with Crippen LogP contribution in [0.25, 0.3) is 0 Å². The van der Waals surface area contributed by atoms with Gasteiger partial charge in [0.1, 0.15) is 0 Å². The number of hydrogen-bond donors (Lipinski definition) is 3. The zero-order chi connectivity index (χ0) is 19.7. The first-order valence-corrected chi connectivity index (χ1v) is 9.07. The van der Waals surface area contributed by atoms with Gasteiger partial charge in [-0.25, -0.2) is 0 Å². The molecule has 0 aromatic heterocycles. The Morgan fingerprint density at radius 3 is 2.26 bits per heavy atom. The van der Waals surface area contributed by atoms with E-state index in [1.165, 1.54) is 0 Å². The van der Waals surface area contributed by atoms with E-state index in [0.717, 1.165) is 0 Å². The summed E-state index contributed by atoms with van der Waals surface area (Å²) >= 11 is 0. The standard InChI is InChI=1S/C21H25N3O3/c1-12(2)11-23-15-10-16(24(3)8-9-25)19(22)18-17(15)20(26)13-6-4-5-7-14(13)21(18)27/h4-7,10,12,23,25H,8-9,11,22H2,1-3H3. The van der Waals surface area contributed by atoms with Crippen LogP contribution in [0, 0.1) is 5.92 Å². The number of likely N-dealkylation sites (N-methyl/N-ethyl adjacent to an activating group) is 1. The quantitative estimate of drug-likeness (QED) is 0.580. The minimum absolute atomic E-state index is 0.0442. The molecule has 2 aromatic carbocycles. The first-order chi connectivity index (χ1) is 12.9. The number of hydrogen-bond acceptors (Lipinski definition) is 6. The smallest absolute Gasteiger partial charge is 0.196 e. The molecule has 2 aromatic rings. The molecule has 4 N–H and O–H groups in total. The normalized spacial score (nSPS) is 12.8. The molecule has 0 amide bonds. The van der Waals surface area contributed by atoms with Gasteiger partial charge >= 0.3 is 0 Å². The van der Waals surface area contributed by atoms with Gasteiger partial charge < -0.3 is 21.1 Å². The summed E-state index contributed by atoms with van der Waals surface area (Å²) in [6.45, 7) is 5.11. The highest BCUT2D eigenvalue weighted by Crippen LogP contribution is 2.40. The summed E-state index contributed by atoms with van der Waals surface area (Å²) in [7, 11) is 1.80. The number of rotatable bonds is 6. The zero-order valence-corrected chi connectivity index (χ0v) is 15.9. The Balaban J connectivity index is 2.24. The molecule has 142 valence electrons. The lowest BCUT2D eigenvalue weighted by Crippen LogP contribution is -2.28. The van der Waals surface area contributed by atoms with Crippen LogP contribution < -0.4 is 16.0 Å². The van der Waals surface area contributed by atoms with Crippen molar-refractivity contribution in [3.63, 3.8) is 0 Å². The molecule has 0 fully saturated rings. The van der Waals surface area contributed by atoms with E-state index < -0.39 is 0 Å². The lowest BCUT2D eigenvalue weighted by molar-refractivity contribution is 0.0980. The summed E-state index contributed by atoms with van der Waals surface area (Å²) in [5.74, 6) is -0.0856. The Kier molecular flexibility index (Phi) is 5.19. The summed E-state index contributed by atoms with van der Waals surface area (Å²) in [6, 6.07) is 8.62. The molecule has 3 rings (SSSR count). The Hall–Kier alpha value is -2.86. The summed E-state index contributed by atoms with van der Waals surface area (Å²) in [5.41, 5.74) is 9.18. The number of anilines is 3. The third-order valence-corrected chi connectivity index (χ3v) is 4.76. The van der Waals surface area contributed by atoms with Crippen LogP contribution in [0.4, 0.5) is 17.1 Å². The summed E-state index contributed by atoms with van der Waals surface area (Å²) < 4.78 is 0. The Labute approximate surface area is 159 Å². The highest BCUT2D eigenvalue weighted by molar-refractivity contribution is 6.32. The molecule has 0 spiro atoms. The van der Waals surface area contributed by atoms with E-state index >= 15 is 0 Å². The number of ketones is 2. The zero-order valence-electron chi connectivity index (χ0n) is 15.9. The minimum atomic E-state index is -0.246. The lowest BCUT2D eigenvalue weighted by Gasteiger charge is -2.28. The van der Waals surface area contributed by atoms with Gasteiger partial charge in [0, 0.05) is 37.0 Å². The van der Waals surface area contributed by atoms with Crippen LogP contribution in [0.2, 0.25) is 0 Å². The fourth-order valence-electron chi connectivity index (χ4n) is 3.34. The largest absolute Gasteiger partial charge is 0.396 e. The van der Waals surface area contributed by atoms with Crippen molar-refractivity contribution in [2.75, 3.05) is 42.7 Å². The van der Waals surface area contributed by atoms with E-state index in [9.17, 15) is 14.7 Å². The molecule has 1 aliphatic rings. The fourth-order valence-corrected chi connectivity index (χ4v) is 3.34. The maximum Gasteiger partial charge on any atom is 0.196 e. The maximum atomic E-state index is 13.2. The summed E-state index contributed by atoms with van der Waals surface area (Å²) in [6.07, 6.45) is 0. The van der Waals surface area contributed by atoms with Gasteiger partial charge in [-0.3, -0.25) is 9.59 Å². The molecule has 0 atom stereocenters. The van der Waals surface area contributed by atoms with Gasteiger partial charge in [-0.1, -0.05) is 38.1 Å². The Bertz CT molecular complexity index is 906. The Morgan fingerprint density at radius 2 is 1.70 bits per heavy atom. The average molecular weight is 367 g/mol.